The minimum absolute atomic E-state index is 0.279. The number of carboxylic acid groups (broad SMARTS) is 1. The van der Waals surface area contributed by atoms with Crippen LogP contribution >= 0.6 is 23.7 Å². The van der Waals surface area contributed by atoms with Crippen molar-refractivity contribution in [2.75, 3.05) is 11.8 Å². The molecule has 0 saturated heterocycles. The van der Waals surface area contributed by atoms with Crippen molar-refractivity contribution in [2.24, 2.45) is 17.8 Å². The summed E-state index contributed by atoms with van der Waals surface area (Å²) in [5.41, 5.74) is -0.0256. The van der Waals surface area contributed by atoms with Crippen molar-refractivity contribution in [1.82, 2.24) is 0 Å². The third-order valence-corrected chi connectivity index (χ3v) is 8.88. The Labute approximate surface area is 199 Å². The zero-order valence-corrected chi connectivity index (χ0v) is 20.6. The summed E-state index contributed by atoms with van der Waals surface area (Å²) in [5, 5.41) is 9.09. The van der Waals surface area contributed by atoms with Crippen LogP contribution in [0.2, 0.25) is 0 Å². The van der Waals surface area contributed by atoms with E-state index in [0.29, 0.717) is 11.6 Å². The second kappa shape index (κ2) is 12.0. The van der Waals surface area contributed by atoms with Crippen LogP contribution in [0, 0.1) is 23.6 Å². The maximum Gasteiger partial charge on any atom is 0.338 e. The third-order valence-electron chi connectivity index (χ3n) is 6.80. The topological polar surface area (TPSA) is 58.6 Å². The van der Waals surface area contributed by atoms with Gasteiger partial charge in [0.05, 0.1) is 22.6 Å². The van der Waals surface area contributed by atoms with Crippen LogP contribution in [0.1, 0.15) is 75.1 Å². The molecule has 7 heteroatoms. The molecule has 0 spiro atoms. The van der Waals surface area contributed by atoms with Crippen molar-refractivity contribution < 1.29 is 19.0 Å². The van der Waals surface area contributed by atoms with Gasteiger partial charge >= 0.3 is 5.97 Å². The number of methoxy groups -OCH3 is 1. The number of rotatable bonds is 9. The van der Waals surface area contributed by atoms with Crippen molar-refractivity contribution in [1.29, 1.82) is 0 Å². The van der Waals surface area contributed by atoms with Gasteiger partial charge in [0.25, 0.3) is 0 Å². The Balaban J connectivity index is 1.52. The van der Waals surface area contributed by atoms with E-state index in [2.05, 4.69) is 24.3 Å². The van der Waals surface area contributed by atoms with Gasteiger partial charge in [0, 0.05) is 6.07 Å². The lowest BCUT2D eigenvalue weighted by Crippen LogP contribution is -2.24. The number of nitrogens with one attached hydrogen (secondary N) is 1. The minimum atomic E-state index is -1.32. The Morgan fingerprint density at radius 3 is 2.41 bits per heavy atom. The number of carbonyl (C=O) groups is 1. The van der Waals surface area contributed by atoms with Crippen LogP contribution in [-0.2, 0) is 0 Å². The molecular weight excluding hydrogens is 445 g/mol. The molecule has 3 rings (SSSR count). The lowest BCUT2D eigenvalue weighted by molar-refractivity contribution is 0.0691. The average molecular weight is 480 g/mol. The second-order valence-corrected chi connectivity index (χ2v) is 11.0. The Hall–Kier alpha value is -1.60. The predicted molar refractivity (Wildman–Crippen MR) is 134 cm³/mol. The van der Waals surface area contributed by atoms with Gasteiger partial charge in [0.15, 0.2) is 0 Å². The number of benzene rings is 1. The first-order valence-electron chi connectivity index (χ1n) is 11.5. The molecule has 2 aliphatic rings. The number of carboxylic acids is 1. The van der Waals surface area contributed by atoms with Crippen LogP contribution < -0.4 is 9.46 Å². The first-order chi connectivity index (χ1) is 15.4. The van der Waals surface area contributed by atoms with Crippen LogP contribution in [0.15, 0.2) is 33.9 Å². The van der Waals surface area contributed by atoms with Gasteiger partial charge in [-0.2, -0.15) is 0 Å². The molecule has 2 N–H and O–H groups in total. The van der Waals surface area contributed by atoms with E-state index in [1.165, 1.54) is 87.8 Å². The largest absolute Gasteiger partial charge is 0.495 e. The van der Waals surface area contributed by atoms with Gasteiger partial charge in [-0.1, -0.05) is 56.5 Å². The SMILES string of the molecule is C=C(SNc1cc(F)c(C(=O)O)cc1OC)S/C(=C\C)C1CCC(C2CCCCC2)CC1. The first kappa shape index (κ1) is 25.0. The fourth-order valence-electron chi connectivity index (χ4n) is 5.09. The lowest BCUT2D eigenvalue weighted by Gasteiger charge is -2.36. The number of aromatic carboxylic acids is 1. The lowest BCUT2D eigenvalue weighted by atomic mass is 9.71. The summed E-state index contributed by atoms with van der Waals surface area (Å²) in [6, 6.07) is 2.34. The molecule has 0 aliphatic heterocycles. The fourth-order valence-corrected chi connectivity index (χ4v) is 6.84. The zero-order chi connectivity index (χ0) is 23.1. The monoisotopic (exact) mass is 479 g/mol. The standard InChI is InChI=1S/C25H34FNO3S2/c1-4-24(19-12-10-18(11-13-19)17-8-6-5-7-9-17)31-16(2)32-27-22-15-21(26)20(25(28)29)14-23(22)30-3/h4,14-15,17-19,27H,2,5-13H2,1,3H3,(H,28,29)/b24-4-. The molecule has 2 saturated carbocycles. The molecule has 0 heterocycles. The highest BCUT2D eigenvalue weighted by molar-refractivity contribution is 8.24. The maximum absolute atomic E-state index is 14.1. The van der Waals surface area contributed by atoms with Crippen molar-refractivity contribution in [3.05, 3.63) is 45.3 Å². The summed E-state index contributed by atoms with van der Waals surface area (Å²) in [6.45, 7) is 6.25. The molecule has 1 aromatic rings. The van der Waals surface area contributed by atoms with Gasteiger partial charge in [-0.3, -0.25) is 0 Å². The number of hydrogen-bond donors (Lipinski definition) is 2. The van der Waals surface area contributed by atoms with Crippen LogP contribution in [-0.4, -0.2) is 18.2 Å². The Bertz CT molecular complexity index is 844. The highest BCUT2D eigenvalue weighted by Gasteiger charge is 2.30. The molecule has 0 radical (unpaired) electrons. The van der Waals surface area contributed by atoms with E-state index in [9.17, 15) is 9.18 Å². The molecule has 0 amide bonds. The van der Waals surface area contributed by atoms with Gasteiger partial charge in [-0.15, -0.1) is 0 Å². The number of hydrogen-bond acceptors (Lipinski definition) is 5. The van der Waals surface area contributed by atoms with Crippen LogP contribution in [0.4, 0.5) is 10.1 Å². The predicted octanol–water partition coefficient (Wildman–Crippen LogP) is 8.09. The first-order valence-corrected chi connectivity index (χ1v) is 13.1. The summed E-state index contributed by atoms with van der Waals surface area (Å²) >= 11 is 2.97. The van der Waals surface area contributed by atoms with E-state index < -0.39 is 17.3 Å². The summed E-state index contributed by atoms with van der Waals surface area (Å²) in [7, 11) is 1.43. The fraction of sp³-hybridized carbons (Fsp3) is 0.560. The highest BCUT2D eigenvalue weighted by atomic mass is 32.2. The van der Waals surface area contributed by atoms with Crippen molar-refractivity contribution in [3.8, 4) is 5.75 Å². The van der Waals surface area contributed by atoms with Gasteiger partial charge < -0.3 is 14.6 Å². The number of thioether (sulfide) groups is 1. The van der Waals surface area contributed by atoms with E-state index in [1.54, 1.807) is 11.8 Å². The van der Waals surface area contributed by atoms with Crippen LogP contribution in [0.5, 0.6) is 5.75 Å². The van der Waals surface area contributed by atoms with Crippen molar-refractivity contribution >= 4 is 35.4 Å². The smallest absolute Gasteiger partial charge is 0.338 e. The molecule has 0 aromatic heterocycles. The van der Waals surface area contributed by atoms with Crippen LogP contribution in [0.25, 0.3) is 0 Å². The van der Waals surface area contributed by atoms with Gasteiger partial charge in [0.2, 0.25) is 0 Å². The molecule has 0 unspecified atom stereocenters. The normalized spacial score (nSPS) is 22.4. The minimum Gasteiger partial charge on any atom is -0.495 e. The molecular formula is C25H34FNO3S2. The van der Waals surface area contributed by atoms with E-state index >= 15 is 0 Å². The quantitative estimate of drug-likeness (QED) is 0.349. The molecule has 1 aromatic carbocycles. The average Bonchev–Trinajstić information content (AvgIpc) is 2.81. The van der Waals surface area contributed by atoms with E-state index in [1.807, 2.05) is 0 Å². The molecule has 32 heavy (non-hydrogen) atoms. The van der Waals surface area contributed by atoms with Gasteiger partial charge in [0.1, 0.15) is 11.6 Å². The van der Waals surface area contributed by atoms with E-state index in [4.69, 9.17) is 9.84 Å². The molecule has 2 fully saturated rings. The van der Waals surface area contributed by atoms with Gasteiger partial charge in [-0.05, 0) is 73.3 Å². The van der Waals surface area contributed by atoms with Crippen molar-refractivity contribution in [2.45, 2.75) is 64.7 Å². The van der Waals surface area contributed by atoms with Gasteiger partial charge in [-0.25, -0.2) is 9.18 Å². The molecule has 176 valence electrons. The summed E-state index contributed by atoms with van der Waals surface area (Å²) in [4.78, 5) is 12.5. The highest BCUT2D eigenvalue weighted by Crippen LogP contribution is 2.46. The Kier molecular flexibility index (Phi) is 9.41. The zero-order valence-electron chi connectivity index (χ0n) is 19.0. The summed E-state index contributed by atoms with van der Waals surface area (Å²) in [6.07, 6.45) is 14.5. The second-order valence-electron chi connectivity index (χ2n) is 8.72. The number of anilines is 1. The van der Waals surface area contributed by atoms with E-state index in [-0.39, 0.29) is 5.75 Å². The Morgan fingerprint density at radius 2 is 1.81 bits per heavy atom. The summed E-state index contributed by atoms with van der Waals surface area (Å²) < 4.78 is 23.2. The number of ether oxygens (including phenoxy) is 1. The molecule has 4 nitrogen and oxygen atoms in total. The van der Waals surface area contributed by atoms with Crippen molar-refractivity contribution in [3.63, 3.8) is 0 Å². The molecule has 2 aliphatic carbocycles. The van der Waals surface area contributed by atoms with Crippen LogP contribution in [0.3, 0.4) is 0 Å². The summed E-state index contributed by atoms with van der Waals surface area (Å²) in [5.74, 6) is 0.596. The molecule has 0 bridgehead atoms. The number of halogens is 1. The number of allylic oxidation sites excluding steroid dienone is 2. The maximum atomic E-state index is 14.1. The molecule has 0 atom stereocenters. The Morgan fingerprint density at radius 1 is 1.16 bits per heavy atom. The van der Waals surface area contributed by atoms with E-state index in [0.717, 1.165) is 22.1 Å². The third kappa shape index (κ3) is 6.47.